The summed E-state index contributed by atoms with van der Waals surface area (Å²) in [5.74, 6) is 0.577. The molecule has 0 spiro atoms. The van der Waals surface area contributed by atoms with E-state index < -0.39 is 0 Å². The van der Waals surface area contributed by atoms with Crippen LogP contribution in [0.15, 0.2) is 65.8 Å². The largest absolute Gasteiger partial charge is 0.454 e. The lowest BCUT2D eigenvalue weighted by Crippen LogP contribution is -2.17. The minimum Gasteiger partial charge on any atom is -0.454 e. The van der Waals surface area contributed by atoms with Crippen LogP contribution in [-0.2, 0) is 0 Å². The van der Waals surface area contributed by atoms with Crippen molar-refractivity contribution in [2.24, 2.45) is 5.10 Å². The normalized spacial score (nSPS) is 12.3. The summed E-state index contributed by atoms with van der Waals surface area (Å²) in [6, 6.07) is 17.1. The molecule has 7 nitrogen and oxygen atoms in total. The molecule has 0 saturated heterocycles. The SMILES string of the molecule is O=C(N/N=C\c1ccc2c(c1)OCO2)c1ccc(NC(=O)c2sc3cc(Cl)ccc3c2Cl)cc1. The summed E-state index contributed by atoms with van der Waals surface area (Å²) in [7, 11) is 0. The molecule has 2 amide bonds. The Morgan fingerprint density at radius 3 is 2.56 bits per heavy atom. The van der Waals surface area contributed by atoms with E-state index in [0.717, 1.165) is 15.6 Å². The van der Waals surface area contributed by atoms with E-state index in [0.29, 0.717) is 37.7 Å². The monoisotopic (exact) mass is 511 g/mol. The van der Waals surface area contributed by atoms with Gasteiger partial charge in [-0.2, -0.15) is 5.10 Å². The van der Waals surface area contributed by atoms with Crippen LogP contribution in [-0.4, -0.2) is 24.8 Å². The van der Waals surface area contributed by atoms with Gasteiger partial charge >= 0.3 is 0 Å². The molecule has 5 rings (SSSR count). The molecular formula is C24H15Cl2N3O4S. The number of fused-ring (bicyclic) bond motifs is 2. The van der Waals surface area contributed by atoms with Gasteiger partial charge in [-0.25, -0.2) is 5.43 Å². The fraction of sp³-hybridized carbons (Fsp3) is 0.0417. The van der Waals surface area contributed by atoms with Crippen molar-refractivity contribution in [3.05, 3.63) is 86.7 Å². The fourth-order valence-electron chi connectivity index (χ4n) is 3.30. The van der Waals surface area contributed by atoms with Crippen LogP contribution < -0.4 is 20.2 Å². The van der Waals surface area contributed by atoms with Crippen LogP contribution in [0.25, 0.3) is 10.1 Å². The Bertz CT molecular complexity index is 1450. The quantitative estimate of drug-likeness (QED) is 0.255. The second kappa shape index (κ2) is 9.34. The summed E-state index contributed by atoms with van der Waals surface area (Å²) in [5.41, 5.74) is 4.14. The Labute approximate surface area is 207 Å². The Kier molecular flexibility index (Phi) is 6.10. The molecule has 1 aliphatic heterocycles. The maximum atomic E-state index is 12.7. The molecule has 0 aliphatic carbocycles. The average molecular weight is 512 g/mol. The molecule has 0 bridgehead atoms. The third-order valence-electron chi connectivity index (χ3n) is 4.98. The summed E-state index contributed by atoms with van der Waals surface area (Å²) in [5, 5.41) is 8.50. The number of halogens is 2. The van der Waals surface area contributed by atoms with Crippen LogP contribution in [0.3, 0.4) is 0 Å². The zero-order valence-corrected chi connectivity index (χ0v) is 19.6. The number of thiophene rings is 1. The molecule has 34 heavy (non-hydrogen) atoms. The number of amides is 2. The maximum absolute atomic E-state index is 12.7. The van der Waals surface area contributed by atoms with E-state index in [-0.39, 0.29) is 18.6 Å². The minimum atomic E-state index is -0.390. The molecule has 0 radical (unpaired) electrons. The van der Waals surface area contributed by atoms with E-state index in [1.807, 2.05) is 0 Å². The molecule has 1 aromatic heterocycles. The lowest BCUT2D eigenvalue weighted by atomic mass is 10.2. The van der Waals surface area contributed by atoms with Crippen molar-refractivity contribution in [3.8, 4) is 11.5 Å². The van der Waals surface area contributed by atoms with Crippen molar-refractivity contribution < 1.29 is 19.1 Å². The molecular weight excluding hydrogens is 497 g/mol. The van der Waals surface area contributed by atoms with E-state index >= 15 is 0 Å². The van der Waals surface area contributed by atoms with Gasteiger partial charge in [0.1, 0.15) is 4.88 Å². The Morgan fingerprint density at radius 2 is 1.74 bits per heavy atom. The lowest BCUT2D eigenvalue weighted by Gasteiger charge is -2.05. The van der Waals surface area contributed by atoms with Gasteiger partial charge in [0.2, 0.25) is 6.79 Å². The zero-order valence-electron chi connectivity index (χ0n) is 17.3. The predicted octanol–water partition coefficient (Wildman–Crippen LogP) is 5.95. The lowest BCUT2D eigenvalue weighted by molar-refractivity contribution is 0.0954. The van der Waals surface area contributed by atoms with Gasteiger partial charge in [-0.3, -0.25) is 9.59 Å². The fourth-order valence-corrected chi connectivity index (χ4v) is 4.99. The van der Waals surface area contributed by atoms with E-state index in [2.05, 4.69) is 15.8 Å². The van der Waals surface area contributed by atoms with E-state index in [9.17, 15) is 9.59 Å². The molecule has 0 atom stereocenters. The number of benzene rings is 3. The molecule has 0 saturated carbocycles. The highest BCUT2D eigenvalue weighted by Gasteiger charge is 2.18. The van der Waals surface area contributed by atoms with Crippen LogP contribution in [0.5, 0.6) is 11.5 Å². The first-order valence-electron chi connectivity index (χ1n) is 10.00. The second-order valence-electron chi connectivity index (χ2n) is 7.23. The van der Waals surface area contributed by atoms with E-state index in [1.54, 1.807) is 60.7 Å². The topological polar surface area (TPSA) is 89.0 Å². The standard InChI is InChI=1S/C24H15Cl2N3O4S/c25-15-4-7-17-20(10-15)34-22(21(17)26)24(31)28-16-5-2-14(3-6-16)23(30)29-27-11-13-1-8-18-19(9-13)33-12-32-18/h1-11H,12H2,(H,28,31)(H,29,30)/b27-11-. The third kappa shape index (κ3) is 4.56. The number of nitrogens with one attached hydrogen (secondary N) is 2. The summed E-state index contributed by atoms with van der Waals surface area (Å²) >= 11 is 13.7. The maximum Gasteiger partial charge on any atom is 0.271 e. The zero-order chi connectivity index (χ0) is 23.7. The van der Waals surface area contributed by atoms with Crippen molar-refractivity contribution >= 4 is 68.3 Å². The van der Waals surface area contributed by atoms with Crippen LogP contribution in [0.2, 0.25) is 10.0 Å². The predicted molar refractivity (Wildman–Crippen MR) is 134 cm³/mol. The van der Waals surface area contributed by atoms with Crippen LogP contribution in [0.1, 0.15) is 25.6 Å². The first-order valence-corrected chi connectivity index (χ1v) is 11.6. The summed E-state index contributed by atoms with van der Waals surface area (Å²) in [6.07, 6.45) is 1.51. The van der Waals surface area contributed by atoms with E-state index in [4.69, 9.17) is 32.7 Å². The molecule has 4 aromatic rings. The highest BCUT2D eigenvalue weighted by molar-refractivity contribution is 7.21. The van der Waals surface area contributed by atoms with Gasteiger partial charge in [-0.1, -0.05) is 29.3 Å². The average Bonchev–Trinajstić information content (AvgIpc) is 3.43. The van der Waals surface area contributed by atoms with Crippen LogP contribution >= 0.6 is 34.5 Å². The Balaban J connectivity index is 1.21. The molecule has 0 fully saturated rings. The molecule has 2 N–H and O–H groups in total. The molecule has 1 aliphatic rings. The van der Waals surface area contributed by atoms with Gasteiger partial charge in [0.15, 0.2) is 11.5 Å². The van der Waals surface area contributed by atoms with E-state index in [1.165, 1.54) is 17.6 Å². The number of rotatable bonds is 5. The van der Waals surface area contributed by atoms with Crippen LogP contribution in [0.4, 0.5) is 5.69 Å². The van der Waals surface area contributed by atoms with Gasteiger partial charge in [-0.15, -0.1) is 11.3 Å². The second-order valence-corrected chi connectivity index (χ2v) is 9.10. The van der Waals surface area contributed by atoms with Gasteiger partial charge in [-0.05, 0) is 60.2 Å². The number of carbonyl (C=O) groups excluding carboxylic acids is 2. The van der Waals surface area contributed by atoms with Gasteiger partial charge < -0.3 is 14.8 Å². The Morgan fingerprint density at radius 1 is 0.941 bits per heavy atom. The molecule has 10 heteroatoms. The Hall–Kier alpha value is -3.59. The number of hydrogen-bond donors (Lipinski definition) is 2. The minimum absolute atomic E-state index is 0.190. The highest BCUT2D eigenvalue weighted by Crippen LogP contribution is 2.37. The highest BCUT2D eigenvalue weighted by atomic mass is 35.5. The smallest absolute Gasteiger partial charge is 0.271 e. The van der Waals surface area contributed by atoms with Crippen molar-refractivity contribution in [2.45, 2.75) is 0 Å². The van der Waals surface area contributed by atoms with Crippen LogP contribution in [0, 0.1) is 0 Å². The van der Waals surface area contributed by atoms with Crippen molar-refractivity contribution in [1.29, 1.82) is 0 Å². The molecule has 170 valence electrons. The van der Waals surface area contributed by atoms with Gasteiger partial charge in [0.25, 0.3) is 11.8 Å². The summed E-state index contributed by atoms with van der Waals surface area (Å²) in [6.45, 7) is 0.190. The number of hydrogen-bond acceptors (Lipinski definition) is 6. The summed E-state index contributed by atoms with van der Waals surface area (Å²) < 4.78 is 11.4. The van der Waals surface area contributed by atoms with Crippen molar-refractivity contribution in [3.63, 3.8) is 0 Å². The first-order chi connectivity index (χ1) is 16.5. The molecule has 3 aromatic carbocycles. The first kappa shape index (κ1) is 22.2. The number of ether oxygens (including phenoxy) is 2. The van der Waals surface area contributed by atoms with Gasteiger partial charge in [0.05, 0.1) is 11.2 Å². The number of nitrogens with zero attached hydrogens (tertiary/aromatic N) is 1. The summed E-state index contributed by atoms with van der Waals surface area (Å²) in [4.78, 5) is 25.5. The molecule has 0 unspecified atom stereocenters. The number of carbonyl (C=O) groups is 2. The van der Waals surface area contributed by atoms with Gasteiger partial charge in [0, 0.05) is 26.4 Å². The number of hydrazone groups is 1. The van der Waals surface area contributed by atoms with Crippen molar-refractivity contribution in [2.75, 3.05) is 12.1 Å². The molecule has 2 heterocycles. The number of anilines is 1. The van der Waals surface area contributed by atoms with Crippen molar-refractivity contribution in [1.82, 2.24) is 5.43 Å². The third-order valence-corrected chi connectivity index (χ3v) is 6.87.